The van der Waals surface area contributed by atoms with Crippen LogP contribution in [0.5, 0.6) is 5.75 Å². The molecule has 0 radical (unpaired) electrons. The Hall–Kier alpha value is -3.50. The molecule has 0 spiro atoms. The average molecular weight is 543 g/mol. The average Bonchev–Trinajstić information content (AvgIpc) is 2.81. The molecule has 0 bridgehead atoms. The molecule has 0 aromatic heterocycles. The van der Waals surface area contributed by atoms with Crippen molar-refractivity contribution < 1.29 is 14.3 Å². The standard InChI is InChI=1S/C27H22Cl3N3O3/c1-15-4-7-24(17(3)8-15)33-27(35)19(13-31)9-18-10-22(29)26(23(30)11-18)36-14-25(34)32-20-6-5-16(2)21(28)12-20/h4-12H,14H2,1-3H3,(H,32,34)(H,33,35)/b19-9+. The molecule has 3 rings (SSSR count). The Labute approximate surface area is 224 Å². The third-order valence-corrected chi connectivity index (χ3v) is 6.10. The highest BCUT2D eigenvalue weighted by molar-refractivity contribution is 6.37. The van der Waals surface area contributed by atoms with Gasteiger partial charge in [0.15, 0.2) is 12.4 Å². The van der Waals surface area contributed by atoms with E-state index >= 15 is 0 Å². The summed E-state index contributed by atoms with van der Waals surface area (Å²) in [6, 6.07) is 15.6. The van der Waals surface area contributed by atoms with E-state index in [1.165, 1.54) is 18.2 Å². The molecule has 184 valence electrons. The van der Waals surface area contributed by atoms with Crippen LogP contribution in [0.4, 0.5) is 11.4 Å². The van der Waals surface area contributed by atoms with Crippen LogP contribution in [0.3, 0.4) is 0 Å². The predicted octanol–water partition coefficient (Wildman–Crippen LogP) is 7.14. The van der Waals surface area contributed by atoms with Gasteiger partial charge in [-0.3, -0.25) is 9.59 Å². The molecule has 3 aromatic carbocycles. The fourth-order valence-corrected chi connectivity index (χ4v) is 4.06. The van der Waals surface area contributed by atoms with E-state index in [1.54, 1.807) is 24.3 Å². The summed E-state index contributed by atoms with van der Waals surface area (Å²) in [4.78, 5) is 24.9. The number of hydrogen-bond donors (Lipinski definition) is 2. The minimum atomic E-state index is -0.565. The van der Waals surface area contributed by atoms with Gasteiger partial charge in [0.25, 0.3) is 11.8 Å². The molecule has 36 heavy (non-hydrogen) atoms. The van der Waals surface area contributed by atoms with Gasteiger partial charge in [-0.2, -0.15) is 5.26 Å². The molecule has 9 heteroatoms. The lowest BCUT2D eigenvalue weighted by Crippen LogP contribution is -2.20. The van der Waals surface area contributed by atoms with Gasteiger partial charge >= 0.3 is 0 Å². The molecular formula is C27H22Cl3N3O3. The highest BCUT2D eigenvalue weighted by Crippen LogP contribution is 2.35. The van der Waals surface area contributed by atoms with Crippen LogP contribution in [0.2, 0.25) is 15.1 Å². The molecular weight excluding hydrogens is 521 g/mol. The van der Waals surface area contributed by atoms with Crippen LogP contribution in [0, 0.1) is 32.1 Å². The lowest BCUT2D eigenvalue weighted by atomic mass is 10.1. The molecule has 2 amide bonds. The number of nitrogens with zero attached hydrogens (tertiary/aromatic N) is 1. The first kappa shape index (κ1) is 27.1. The summed E-state index contributed by atoms with van der Waals surface area (Å²) in [5.41, 5.74) is 4.25. The first-order valence-electron chi connectivity index (χ1n) is 10.8. The van der Waals surface area contributed by atoms with Crippen LogP contribution in [0.15, 0.2) is 54.1 Å². The number of ether oxygens (including phenoxy) is 1. The number of rotatable bonds is 7. The van der Waals surface area contributed by atoms with Gasteiger partial charge < -0.3 is 15.4 Å². The first-order chi connectivity index (χ1) is 17.1. The van der Waals surface area contributed by atoms with Gasteiger partial charge in [-0.25, -0.2) is 0 Å². The Balaban J connectivity index is 1.70. The molecule has 6 nitrogen and oxygen atoms in total. The highest BCUT2D eigenvalue weighted by atomic mass is 35.5. The fourth-order valence-electron chi connectivity index (χ4n) is 3.26. The Morgan fingerprint density at radius 2 is 1.61 bits per heavy atom. The molecule has 2 N–H and O–H groups in total. The van der Waals surface area contributed by atoms with E-state index in [1.807, 2.05) is 39.0 Å². The Kier molecular flexibility index (Phi) is 9.00. The van der Waals surface area contributed by atoms with Crippen molar-refractivity contribution in [1.29, 1.82) is 5.26 Å². The zero-order valence-electron chi connectivity index (χ0n) is 19.7. The number of nitriles is 1. The molecule has 0 saturated heterocycles. The topological polar surface area (TPSA) is 91.2 Å². The second-order valence-corrected chi connectivity index (χ2v) is 9.28. The van der Waals surface area contributed by atoms with E-state index in [2.05, 4.69) is 10.6 Å². The number of nitrogens with one attached hydrogen (secondary N) is 2. The van der Waals surface area contributed by atoms with E-state index in [4.69, 9.17) is 39.5 Å². The predicted molar refractivity (Wildman–Crippen MR) is 145 cm³/mol. The van der Waals surface area contributed by atoms with Crippen molar-refractivity contribution in [1.82, 2.24) is 0 Å². The first-order valence-corrected chi connectivity index (χ1v) is 11.9. The van der Waals surface area contributed by atoms with Crippen molar-refractivity contribution in [2.75, 3.05) is 17.2 Å². The molecule has 0 aliphatic heterocycles. The summed E-state index contributed by atoms with van der Waals surface area (Å²) in [6.07, 6.45) is 1.37. The molecule has 3 aromatic rings. The van der Waals surface area contributed by atoms with E-state index in [0.29, 0.717) is 22.0 Å². The van der Waals surface area contributed by atoms with Crippen LogP contribution < -0.4 is 15.4 Å². The number of hydrogen-bond acceptors (Lipinski definition) is 4. The van der Waals surface area contributed by atoms with Crippen LogP contribution in [-0.2, 0) is 9.59 Å². The van der Waals surface area contributed by atoms with Crippen LogP contribution in [-0.4, -0.2) is 18.4 Å². The van der Waals surface area contributed by atoms with E-state index in [-0.39, 0.29) is 28.0 Å². The summed E-state index contributed by atoms with van der Waals surface area (Å²) in [6.45, 7) is 5.33. The van der Waals surface area contributed by atoms with Gasteiger partial charge in [-0.05, 0) is 73.9 Å². The number of halogens is 3. The number of anilines is 2. The molecule has 0 heterocycles. The van der Waals surface area contributed by atoms with Gasteiger partial charge in [0.2, 0.25) is 0 Å². The Morgan fingerprint density at radius 1 is 0.917 bits per heavy atom. The number of amides is 2. The van der Waals surface area contributed by atoms with Gasteiger partial charge in [-0.1, -0.05) is 58.6 Å². The third-order valence-electron chi connectivity index (χ3n) is 5.13. The molecule has 0 atom stereocenters. The fraction of sp³-hybridized carbons (Fsp3) is 0.148. The molecule has 0 fully saturated rings. The van der Waals surface area contributed by atoms with E-state index in [0.717, 1.165) is 16.7 Å². The van der Waals surface area contributed by atoms with Gasteiger partial charge in [0, 0.05) is 16.4 Å². The highest BCUT2D eigenvalue weighted by Gasteiger charge is 2.15. The number of aryl methyl sites for hydroxylation is 3. The maximum absolute atomic E-state index is 12.6. The number of carbonyl (C=O) groups is 2. The van der Waals surface area contributed by atoms with E-state index in [9.17, 15) is 14.9 Å². The lowest BCUT2D eigenvalue weighted by Gasteiger charge is -2.12. The minimum absolute atomic E-state index is 0.103. The Bertz CT molecular complexity index is 1390. The van der Waals surface area contributed by atoms with Gasteiger partial charge in [-0.15, -0.1) is 0 Å². The molecule has 0 saturated carbocycles. The second kappa shape index (κ2) is 12.0. The third kappa shape index (κ3) is 7.02. The maximum atomic E-state index is 12.6. The Morgan fingerprint density at radius 3 is 2.22 bits per heavy atom. The zero-order valence-corrected chi connectivity index (χ0v) is 22.0. The van der Waals surface area contributed by atoms with Crippen molar-refractivity contribution in [2.24, 2.45) is 0 Å². The normalized spacial score (nSPS) is 11.0. The summed E-state index contributed by atoms with van der Waals surface area (Å²) >= 11 is 18.7. The monoisotopic (exact) mass is 541 g/mol. The quantitative estimate of drug-likeness (QED) is 0.245. The minimum Gasteiger partial charge on any atom is -0.481 e. The smallest absolute Gasteiger partial charge is 0.266 e. The molecule has 0 aliphatic carbocycles. The molecule has 0 aliphatic rings. The maximum Gasteiger partial charge on any atom is 0.266 e. The summed E-state index contributed by atoms with van der Waals surface area (Å²) < 4.78 is 5.52. The van der Waals surface area contributed by atoms with Crippen molar-refractivity contribution in [2.45, 2.75) is 20.8 Å². The summed E-state index contributed by atoms with van der Waals surface area (Å²) in [7, 11) is 0. The molecule has 0 unspecified atom stereocenters. The van der Waals surface area contributed by atoms with Crippen LogP contribution >= 0.6 is 34.8 Å². The van der Waals surface area contributed by atoms with Crippen LogP contribution in [0.1, 0.15) is 22.3 Å². The summed E-state index contributed by atoms with van der Waals surface area (Å²) in [5.74, 6) is -0.892. The van der Waals surface area contributed by atoms with Crippen molar-refractivity contribution in [3.05, 3.63) is 91.4 Å². The second-order valence-electron chi connectivity index (χ2n) is 8.06. The summed E-state index contributed by atoms with van der Waals surface area (Å²) in [5, 5.41) is 15.7. The van der Waals surface area contributed by atoms with Crippen molar-refractivity contribution >= 4 is 64.1 Å². The zero-order chi connectivity index (χ0) is 26.4. The van der Waals surface area contributed by atoms with Crippen molar-refractivity contribution in [3.63, 3.8) is 0 Å². The van der Waals surface area contributed by atoms with Gasteiger partial charge in [0.05, 0.1) is 10.0 Å². The lowest BCUT2D eigenvalue weighted by molar-refractivity contribution is -0.118. The van der Waals surface area contributed by atoms with Crippen molar-refractivity contribution in [3.8, 4) is 11.8 Å². The largest absolute Gasteiger partial charge is 0.481 e. The van der Waals surface area contributed by atoms with Crippen LogP contribution in [0.25, 0.3) is 6.08 Å². The SMILES string of the molecule is Cc1ccc(NC(=O)/C(C#N)=C/c2cc(Cl)c(OCC(=O)Nc3ccc(C)c(Cl)c3)c(Cl)c2)c(C)c1. The van der Waals surface area contributed by atoms with E-state index < -0.39 is 11.8 Å². The number of carbonyl (C=O) groups excluding carboxylic acids is 2. The van der Waals surface area contributed by atoms with Gasteiger partial charge in [0.1, 0.15) is 11.6 Å². The number of benzene rings is 3.